The summed E-state index contributed by atoms with van der Waals surface area (Å²) in [5.74, 6) is -2.20. The molecule has 11 heteroatoms. The van der Waals surface area contributed by atoms with Crippen molar-refractivity contribution in [2.24, 2.45) is 5.41 Å². The zero-order valence-corrected chi connectivity index (χ0v) is 20.4. The number of ether oxygens (including phenoxy) is 6. The van der Waals surface area contributed by atoms with Crippen molar-refractivity contribution in [3.8, 4) is 0 Å². The minimum absolute atomic E-state index is 0.190. The maximum Gasteiger partial charge on any atom is 0.330 e. The van der Waals surface area contributed by atoms with Crippen LogP contribution < -0.4 is 0 Å². The smallest absolute Gasteiger partial charge is 0.330 e. The Labute approximate surface area is 206 Å². The lowest BCUT2D eigenvalue weighted by atomic mass is 9.96. The fourth-order valence-corrected chi connectivity index (χ4v) is 1.78. The van der Waals surface area contributed by atoms with Gasteiger partial charge in [-0.15, -0.1) is 0 Å². The van der Waals surface area contributed by atoms with Crippen LogP contribution in [0.15, 0.2) is 50.6 Å². The molecule has 0 saturated heterocycles. The van der Waals surface area contributed by atoms with Gasteiger partial charge in [0, 0.05) is 29.7 Å². The molecule has 0 aliphatic carbocycles. The first-order valence-corrected chi connectivity index (χ1v) is 10.5. The van der Waals surface area contributed by atoms with Crippen LogP contribution in [0.5, 0.6) is 0 Å². The molecule has 0 saturated carbocycles. The van der Waals surface area contributed by atoms with Gasteiger partial charge < -0.3 is 33.5 Å². The summed E-state index contributed by atoms with van der Waals surface area (Å²) < 4.78 is 29.4. The second kappa shape index (κ2) is 21.3. The van der Waals surface area contributed by atoms with E-state index in [2.05, 4.69) is 35.8 Å². The Bertz CT molecular complexity index is 642. The third-order valence-corrected chi connectivity index (χ3v) is 3.43. The number of carbonyl (C=O) groups is 4. The predicted octanol–water partition coefficient (Wildman–Crippen LogP) is 1.31. The molecule has 0 atom stereocenters. The van der Waals surface area contributed by atoms with E-state index in [4.69, 9.17) is 24.1 Å². The van der Waals surface area contributed by atoms with Crippen molar-refractivity contribution in [3.05, 3.63) is 50.6 Å². The first-order valence-electron chi connectivity index (χ1n) is 10.5. The van der Waals surface area contributed by atoms with Gasteiger partial charge in [0.05, 0.1) is 26.4 Å². The van der Waals surface area contributed by atoms with E-state index in [-0.39, 0.29) is 31.8 Å². The van der Waals surface area contributed by atoms with Crippen LogP contribution in [-0.2, 0) is 47.6 Å². The molecular weight excluding hydrogens is 464 g/mol. The highest BCUT2D eigenvalue weighted by molar-refractivity contribution is 5.82. The summed E-state index contributed by atoms with van der Waals surface area (Å²) in [5.41, 5.74) is -0.190. The van der Waals surface area contributed by atoms with Gasteiger partial charge in [-0.3, -0.25) is 0 Å². The van der Waals surface area contributed by atoms with E-state index >= 15 is 0 Å². The molecular formula is C24H36O11. The van der Waals surface area contributed by atoms with Gasteiger partial charge in [-0.25, -0.2) is 19.2 Å². The highest BCUT2D eigenvalue weighted by atomic mass is 16.6. The average molecular weight is 501 g/mol. The summed E-state index contributed by atoms with van der Waals surface area (Å²) in [6.45, 7) is 18.4. The normalized spacial score (nSPS) is 10.2. The molecule has 0 aromatic rings. The Morgan fingerprint density at radius 3 is 1.29 bits per heavy atom. The molecule has 0 aliphatic rings. The lowest BCUT2D eigenvalue weighted by Gasteiger charge is -2.24. The zero-order chi connectivity index (χ0) is 27.1. The molecule has 0 amide bonds. The number of rotatable bonds is 18. The Hall–Kier alpha value is -3.28. The van der Waals surface area contributed by atoms with Gasteiger partial charge in [-0.05, 0) is 0 Å². The van der Waals surface area contributed by atoms with Gasteiger partial charge in [-0.1, -0.05) is 40.2 Å². The molecule has 11 nitrogen and oxygen atoms in total. The van der Waals surface area contributed by atoms with E-state index in [1.54, 1.807) is 0 Å². The van der Waals surface area contributed by atoms with Crippen molar-refractivity contribution in [1.82, 2.24) is 0 Å². The molecule has 0 fully saturated rings. The van der Waals surface area contributed by atoms with Crippen molar-refractivity contribution < 1.29 is 52.7 Å². The maximum absolute atomic E-state index is 10.8. The monoisotopic (exact) mass is 500 g/mol. The van der Waals surface area contributed by atoms with Crippen LogP contribution in [0.1, 0.15) is 13.8 Å². The van der Waals surface area contributed by atoms with Crippen molar-refractivity contribution in [2.45, 2.75) is 20.0 Å². The fourth-order valence-electron chi connectivity index (χ4n) is 1.78. The van der Waals surface area contributed by atoms with E-state index in [0.29, 0.717) is 26.4 Å². The molecule has 1 N–H and O–H groups in total. The summed E-state index contributed by atoms with van der Waals surface area (Å²) in [6, 6.07) is 0. The highest BCUT2D eigenvalue weighted by Gasteiger charge is 2.18. The Morgan fingerprint density at radius 1 is 0.657 bits per heavy atom. The van der Waals surface area contributed by atoms with Crippen LogP contribution in [0, 0.1) is 5.41 Å². The number of carbonyl (C=O) groups excluding carboxylic acids is 4. The van der Waals surface area contributed by atoms with Crippen LogP contribution in [-0.4, -0.2) is 87.9 Å². The van der Waals surface area contributed by atoms with Crippen LogP contribution in [0.3, 0.4) is 0 Å². The molecule has 0 aromatic carbocycles. The Morgan fingerprint density at radius 2 is 0.971 bits per heavy atom. The summed E-state index contributed by atoms with van der Waals surface area (Å²) in [7, 11) is 0. The van der Waals surface area contributed by atoms with Gasteiger partial charge in [-0.2, -0.15) is 0 Å². The molecule has 0 spiro atoms. The largest absolute Gasteiger partial charge is 0.460 e. The number of hydrogen-bond donors (Lipinski definition) is 1. The van der Waals surface area contributed by atoms with Crippen LogP contribution in [0.25, 0.3) is 0 Å². The molecule has 0 radical (unpaired) electrons. The highest BCUT2D eigenvalue weighted by Crippen LogP contribution is 2.15. The number of aliphatic hydroxyl groups is 1. The Kier molecular flexibility index (Phi) is 20.6. The second-order valence-corrected chi connectivity index (χ2v) is 7.33. The van der Waals surface area contributed by atoms with E-state index < -0.39 is 30.0 Å². The van der Waals surface area contributed by atoms with Gasteiger partial charge >= 0.3 is 23.9 Å². The molecule has 0 aromatic heterocycles. The minimum Gasteiger partial charge on any atom is -0.460 e. The van der Waals surface area contributed by atoms with Crippen molar-refractivity contribution in [1.29, 1.82) is 0 Å². The van der Waals surface area contributed by atoms with Gasteiger partial charge in [0.1, 0.15) is 32.5 Å². The van der Waals surface area contributed by atoms with Crippen LogP contribution in [0.4, 0.5) is 0 Å². The number of hydrogen-bond acceptors (Lipinski definition) is 11. The third-order valence-electron chi connectivity index (χ3n) is 3.43. The van der Waals surface area contributed by atoms with Crippen LogP contribution in [0.2, 0.25) is 0 Å². The first kappa shape index (κ1) is 33.9. The summed E-state index contributed by atoms with van der Waals surface area (Å²) >= 11 is 0. The lowest BCUT2D eigenvalue weighted by Crippen LogP contribution is -2.27. The van der Waals surface area contributed by atoms with Gasteiger partial charge in [0.25, 0.3) is 0 Å². The molecule has 198 valence electrons. The predicted molar refractivity (Wildman–Crippen MR) is 126 cm³/mol. The van der Waals surface area contributed by atoms with E-state index in [1.165, 1.54) is 0 Å². The fraction of sp³-hybridized carbons (Fsp3) is 0.500. The van der Waals surface area contributed by atoms with Crippen molar-refractivity contribution >= 4 is 23.9 Å². The number of aliphatic hydroxyl groups excluding tert-OH is 1. The molecule has 35 heavy (non-hydrogen) atoms. The topological polar surface area (TPSA) is 144 Å². The average Bonchev–Trinajstić information content (AvgIpc) is 2.84. The quantitative estimate of drug-likeness (QED) is 0.126. The van der Waals surface area contributed by atoms with E-state index in [9.17, 15) is 19.2 Å². The van der Waals surface area contributed by atoms with Crippen molar-refractivity contribution in [2.75, 3.05) is 52.9 Å². The molecule has 0 bridgehead atoms. The third kappa shape index (κ3) is 23.7. The second-order valence-electron chi connectivity index (χ2n) is 7.33. The van der Waals surface area contributed by atoms with Crippen LogP contribution >= 0.6 is 0 Å². The molecule has 0 aliphatic heterocycles. The summed E-state index contributed by atoms with van der Waals surface area (Å²) in [4.78, 5) is 42.6. The van der Waals surface area contributed by atoms with Gasteiger partial charge in [0.2, 0.25) is 0 Å². The Balaban J connectivity index is 0. The molecule has 0 rings (SSSR count). The maximum atomic E-state index is 10.8. The zero-order valence-electron chi connectivity index (χ0n) is 20.4. The lowest BCUT2D eigenvalue weighted by molar-refractivity contribution is -0.146. The SMILES string of the molecule is C=CC(=O)OCC(O)COC(=O)C=C.C=CC(=O)OCCOCC(C)(C)COCCOC(=O)C=C. The van der Waals surface area contributed by atoms with E-state index in [0.717, 1.165) is 24.3 Å². The van der Waals surface area contributed by atoms with E-state index in [1.807, 2.05) is 13.8 Å². The molecule has 0 heterocycles. The van der Waals surface area contributed by atoms with Gasteiger partial charge in [0.15, 0.2) is 0 Å². The summed E-state index contributed by atoms with van der Waals surface area (Å²) in [6.07, 6.45) is 3.13. The minimum atomic E-state index is -1.04. The first-order chi connectivity index (χ1) is 16.5. The standard InChI is InChI=1S/C15H24O6.C9H12O5/c1-5-13(16)20-9-7-18-11-15(3,4)12-19-8-10-21-14(17)6-2;1-3-8(11)13-5-7(10)6-14-9(12)4-2/h5-6H,1-2,7-12H2,3-4H3;3-4,7,10H,1-2,5-6H2. The molecule has 0 unspecified atom stereocenters. The van der Waals surface area contributed by atoms with Crippen molar-refractivity contribution in [3.63, 3.8) is 0 Å². The summed E-state index contributed by atoms with van der Waals surface area (Å²) in [5, 5.41) is 9.11. The number of esters is 4.